The molecule has 11 heteroatoms. The fraction of sp³-hybridized carbons (Fsp3) is 0.222. The number of carboxylic acid groups (broad SMARTS) is 1. The summed E-state index contributed by atoms with van der Waals surface area (Å²) in [6.45, 7) is 3.36. The Morgan fingerprint density at radius 1 is 1.21 bits per heavy atom. The number of hydrogen-bond donors (Lipinski definition) is 1. The number of aliphatic carboxylic acids is 1. The number of aromatic nitrogens is 3. The molecule has 154 valence electrons. The molecule has 29 heavy (non-hydrogen) atoms. The third-order valence-corrected chi connectivity index (χ3v) is 3.13. The van der Waals surface area contributed by atoms with E-state index in [-0.39, 0.29) is 23.2 Å². The average molecular weight is 411 g/mol. The van der Waals surface area contributed by atoms with Gasteiger partial charge in [-0.3, -0.25) is 0 Å². The Morgan fingerprint density at radius 2 is 1.93 bits per heavy atom. The van der Waals surface area contributed by atoms with Crippen molar-refractivity contribution in [2.45, 2.75) is 26.1 Å². The molecule has 0 saturated heterocycles. The first-order valence-corrected chi connectivity index (χ1v) is 8.13. The van der Waals surface area contributed by atoms with Crippen LogP contribution in [-0.2, 0) is 20.5 Å². The van der Waals surface area contributed by atoms with Crippen molar-refractivity contribution in [1.82, 2.24) is 14.8 Å². The number of esters is 1. The van der Waals surface area contributed by atoms with Crippen molar-refractivity contribution in [2.24, 2.45) is 0 Å². The SMILES string of the molecule is CC(C)OC(=O)/C=C\n1cnc(-c2cc(O/C=C/C(=O)O)cc(C(F)(F)F)c2)n1. The van der Waals surface area contributed by atoms with Gasteiger partial charge in [0.15, 0.2) is 5.82 Å². The number of nitrogens with zero attached hydrogens (tertiary/aromatic N) is 3. The normalized spacial score (nSPS) is 12.1. The van der Waals surface area contributed by atoms with E-state index in [4.69, 9.17) is 14.6 Å². The maximum Gasteiger partial charge on any atom is 0.416 e. The van der Waals surface area contributed by atoms with Gasteiger partial charge in [-0.15, -0.1) is 5.10 Å². The lowest BCUT2D eigenvalue weighted by Crippen LogP contribution is -2.08. The maximum atomic E-state index is 13.2. The summed E-state index contributed by atoms with van der Waals surface area (Å²) in [5, 5.41) is 12.5. The van der Waals surface area contributed by atoms with Crippen LogP contribution >= 0.6 is 0 Å². The molecule has 0 bridgehead atoms. The minimum atomic E-state index is -4.67. The highest BCUT2D eigenvalue weighted by Crippen LogP contribution is 2.35. The van der Waals surface area contributed by atoms with Gasteiger partial charge in [-0.05, 0) is 32.0 Å². The third kappa shape index (κ3) is 6.79. The summed E-state index contributed by atoms with van der Waals surface area (Å²) in [7, 11) is 0. The van der Waals surface area contributed by atoms with Crippen LogP contribution in [0.1, 0.15) is 19.4 Å². The molecule has 1 aromatic heterocycles. The monoisotopic (exact) mass is 411 g/mol. The minimum Gasteiger partial charge on any atom is -0.478 e. The fourth-order valence-electron chi connectivity index (χ4n) is 2.02. The number of halogens is 3. The van der Waals surface area contributed by atoms with Crippen molar-refractivity contribution in [3.05, 3.63) is 48.5 Å². The van der Waals surface area contributed by atoms with Gasteiger partial charge in [0.25, 0.3) is 0 Å². The van der Waals surface area contributed by atoms with E-state index < -0.39 is 23.7 Å². The Bertz CT molecular complexity index is 948. The van der Waals surface area contributed by atoms with E-state index >= 15 is 0 Å². The van der Waals surface area contributed by atoms with E-state index in [0.717, 1.165) is 23.1 Å². The smallest absolute Gasteiger partial charge is 0.416 e. The van der Waals surface area contributed by atoms with Crippen LogP contribution in [0.5, 0.6) is 5.75 Å². The molecule has 1 N–H and O–H groups in total. The van der Waals surface area contributed by atoms with Crippen molar-refractivity contribution in [3.63, 3.8) is 0 Å². The largest absolute Gasteiger partial charge is 0.478 e. The molecule has 0 aliphatic rings. The molecule has 0 amide bonds. The van der Waals surface area contributed by atoms with Crippen LogP contribution in [-0.4, -0.2) is 37.9 Å². The summed E-state index contributed by atoms with van der Waals surface area (Å²) in [5.74, 6) is -2.25. The van der Waals surface area contributed by atoms with Gasteiger partial charge in [-0.25, -0.2) is 19.3 Å². The first-order valence-electron chi connectivity index (χ1n) is 8.13. The summed E-state index contributed by atoms with van der Waals surface area (Å²) in [6.07, 6.45) is -0.0764. The second kappa shape index (κ2) is 9.04. The second-order valence-electron chi connectivity index (χ2n) is 5.85. The Hall–Kier alpha value is -3.63. The highest BCUT2D eigenvalue weighted by Gasteiger charge is 2.32. The van der Waals surface area contributed by atoms with Gasteiger partial charge in [-0.1, -0.05) is 0 Å². The summed E-state index contributed by atoms with van der Waals surface area (Å²) in [5.41, 5.74) is -1.04. The van der Waals surface area contributed by atoms with Crippen LogP contribution in [0.2, 0.25) is 0 Å². The zero-order valence-corrected chi connectivity index (χ0v) is 15.3. The number of ether oxygens (including phenoxy) is 2. The molecule has 0 radical (unpaired) electrons. The first-order chi connectivity index (χ1) is 13.5. The van der Waals surface area contributed by atoms with E-state index in [1.165, 1.54) is 18.6 Å². The molecule has 2 aromatic rings. The first kappa shape index (κ1) is 21.7. The molecule has 1 aromatic carbocycles. The Labute approximate surface area is 162 Å². The van der Waals surface area contributed by atoms with E-state index in [1.54, 1.807) is 13.8 Å². The lowest BCUT2D eigenvalue weighted by atomic mass is 10.1. The van der Waals surface area contributed by atoms with Crippen LogP contribution in [0.15, 0.2) is 42.9 Å². The number of benzene rings is 1. The predicted octanol–water partition coefficient (Wildman–Crippen LogP) is 3.36. The van der Waals surface area contributed by atoms with Crippen LogP contribution in [0, 0.1) is 0 Å². The van der Waals surface area contributed by atoms with Gasteiger partial charge in [0.2, 0.25) is 0 Å². The molecule has 2 rings (SSSR count). The van der Waals surface area contributed by atoms with E-state index in [9.17, 15) is 22.8 Å². The summed E-state index contributed by atoms with van der Waals surface area (Å²) < 4.78 is 50.4. The van der Waals surface area contributed by atoms with Crippen molar-refractivity contribution >= 4 is 18.1 Å². The number of carbonyl (C=O) groups is 2. The quantitative estimate of drug-likeness (QED) is 0.423. The lowest BCUT2D eigenvalue weighted by molar-refractivity contribution is -0.141. The van der Waals surface area contributed by atoms with Gasteiger partial charge in [0.1, 0.15) is 12.1 Å². The molecule has 0 aliphatic carbocycles. The molecular formula is C18H16F3N3O5. The third-order valence-electron chi connectivity index (χ3n) is 3.13. The topological polar surface area (TPSA) is 104 Å². The minimum absolute atomic E-state index is 0.0181. The van der Waals surface area contributed by atoms with Gasteiger partial charge in [-0.2, -0.15) is 13.2 Å². The summed E-state index contributed by atoms with van der Waals surface area (Å²) in [4.78, 5) is 25.9. The number of hydrogen-bond acceptors (Lipinski definition) is 6. The molecule has 1 heterocycles. The molecule has 0 fully saturated rings. The average Bonchev–Trinajstić information content (AvgIpc) is 3.07. The van der Waals surface area contributed by atoms with Crippen molar-refractivity contribution in [1.29, 1.82) is 0 Å². The van der Waals surface area contributed by atoms with Gasteiger partial charge < -0.3 is 14.6 Å². The van der Waals surface area contributed by atoms with E-state index in [1.807, 2.05) is 0 Å². The summed E-state index contributed by atoms with van der Waals surface area (Å²) >= 11 is 0. The standard InChI is InChI=1S/C18H16F3N3O5/c1-11(2)29-16(27)3-5-24-10-22-17(23-24)12-7-13(18(19,20)21)9-14(8-12)28-6-4-15(25)26/h3-11H,1-2H3,(H,25,26)/b5-3-,6-4+. The second-order valence-corrected chi connectivity index (χ2v) is 5.85. The highest BCUT2D eigenvalue weighted by molar-refractivity contribution is 5.85. The van der Waals surface area contributed by atoms with Crippen LogP contribution in [0.4, 0.5) is 13.2 Å². The van der Waals surface area contributed by atoms with Crippen LogP contribution in [0.3, 0.4) is 0 Å². The zero-order valence-electron chi connectivity index (χ0n) is 15.3. The van der Waals surface area contributed by atoms with Crippen LogP contribution < -0.4 is 4.74 Å². The van der Waals surface area contributed by atoms with Crippen molar-refractivity contribution in [3.8, 4) is 17.1 Å². The van der Waals surface area contributed by atoms with Crippen molar-refractivity contribution in [2.75, 3.05) is 0 Å². The molecule has 0 aliphatic heterocycles. The Morgan fingerprint density at radius 3 is 2.55 bits per heavy atom. The number of alkyl halides is 3. The molecule has 0 saturated carbocycles. The number of carboxylic acids is 1. The van der Waals surface area contributed by atoms with Crippen LogP contribution in [0.25, 0.3) is 17.6 Å². The van der Waals surface area contributed by atoms with Gasteiger partial charge in [0.05, 0.1) is 24.0 Å². The highest BCUT2D eigenvalue weighted by atomic mass is 19.4. The number of rotatable bonds is 7. The summed E-state index contributed by atoms with van der Waals surface area (Å²) in [6, 6.07) is 2.76. The predicted molar refractivity (Wildman–Crippen MR) is 94.4 cm³/mol. The number of carbonyl (C=O) groups excluding carboxylic acids is 1. The molecule has 0 atom stereocenters. The van der Waals surface area contributed by atoms with E-state index in [2.05, 4.69) is 10.1 Å². The van der Waals surface area contributed by atoms with Crippen molar-refractivity contribution < 1.29 is 37.3 Å². The Kier molecular flexibility index (Phi) is 6.75. The van der Waals surface area contributed by atoms with Gasteiger partial charge >= 0.3 is 18.1 Å². The zero-order chi connectivity index (χ0) is 21.6. The molecule has 0 spiro atoms. The molecular weight excluding hydrogens is 395 g/mol. The fourth-order valence-corrected chi connectivity index (χ4v) is 2.02. The Balaban J connectivity index is 2.31. The maximum absolute atomic E-state index is 13.2. The van der Waals surface area contributed by atoms with Gasteiger partial charge in [0, 0.05) is 17.8 Å². The van der Waals surface area contributed by atoms with E-state index in [0.29, 0.717) is 12.1 Å². The lowest BCUT2D eigenvalue weighted by Gasteiger charge is -2.10. The molecule has 8 nitrogen and oxygen atoms in total. The molecule has 0 unspecified atom stereocenters.